The lowest BCUT2D eigenvalue weighted by molar-refractivity contribution is -0.137. The van der Waals surface area contributed by atoms with Crippen molar-refractivity contribution >= 4 is 11.7 Å². The Morgan fingerprint density at radius 1 is 1.38 bits per heavy atom. The molecule has 0 heterocycles. The predicted molar refractivity (Wildman–Crippen MR) is 63.0 cm³/mol. The van der Waals surface area contributed by atoms with Gasteiger partial charge in [0.1, 0.15) is 5.75 Å². The van der Waals surface area contributed by atoms with E-state index in [4.69, 9.17) is 9.84 Å². The normalized spacial score (nSPS) is 9.81. The van der Waals surface area contributed by atoms with Crippen LogP contribution in [0.15, 0.2) is 24.3 Å². The SMILES string of the molecule is CCOc1ccc(NCCCC(=O)O)cc1. The summed E-state index contributed by atoms with van der Waals surface area (Å²) in [5.74, 6) is 0.0899. The molecule has 4 heteroatoms. The van der Waals surface area contributed by atoms with Crippen LogP contribution >= 0.6 is 0 Å². The first kappa shape index (κ1) is 12.4. The standard InChI is InChI=1S/C12H17NO3/c1-2-16-11-7-5-10(6-8-11)13-9-3-4-12(14)15/h5-8,13H,2-4,9H2,1H3,(H,14,15). The van der Waals surface area contributed by atoms with Crippen LogP contribution < -0.4 is 10.1 Å². The number of carboxylic acid groups (broad SMARTS) is 1. The van der Waals surface area contributed by atoms with E-state index in [1.165, 1.54) is 0 Å². The first-order chi connectivity index (χ1) is 7.72. The van der Waals surface area contributed by atoms with Gasteiger partial charge >= 0.3 is 5.97 Å². The van der Waals surface area contributed by atoms with Crippen molar-refractivity contribution in [1.82, 2.24) is 0 Å². The summed E-state index contributed by atoms with van der Waals surface area (Å²) >= 11 is 0. The number of benzene rings is 1. The van der Waals surface area contributed by atoms with Gasteiger partial charge in [0.25, 0.3) is 0 Å². The Hall–Kier alpha value is -1.71. The fourth-order valence-electron chi connectivity index (χ4n) is 1.31. The van der Waals surface area contributed by atoms with Crippen LogP contribution in [-0.4, -0.2) is 24.2 Å². The van der Waals surface area contributed by atoms with Crippen molar-refractivity contribution in [1.29, 1.82) is 0 Å². The zero-order valence-electron chi connectivity index (χ0n) is 9.40. The van der Waals surface area contributed by atoms with E-state index in [2.05, 4.69) is 5.32 Å². The molecule has 0 saturated carbocycles. The van der Waals surface area contributed by atoms with Gasteiger partial charge in [0.05, 0.1) is 6.61 Å². The van der Waals surface area contributed by atoms with Crippen molar-refractivity contribution in [2.75, 3.05) is 18.5 Å². The minimum Gasteiger partial charge on any atom is -0.494 e. The molecule has 0 amide bonds. The monoisotopic (exact) mass is 223 g/mol. The highest BCUT2D eigenvalue weighted by Gasteiger charge is 1.97. The van der Waals surface area contributed by atoms with Gasteiger partial charge in [-0.05, 0) is 37.6 Å². The van der Waals surface area contributed by atoms with E-state index in [1.54, 1.807) is 0 Å². The Morgan fingerprint density at radius 2 is 2.06 bits per heavy atom. The molecule has 4 nitrogen and oxygen atoms in total. The average Bonchev–Trinajstić information content (AvgIpc) is 2.27. The second-order valence-corrected chi connectivity index (χ2v) is 3.38. The predicted octanol–water partition coefficient (Wildman–Crippen LogP) is 2.36. The molecule has 1 aromatic rings. The Balaban J connectivity index is 2.29. The molecule has 0 atom stereocenters. The van der Waals surface area contributed by atoms with Crippen molar-refractivity contribution in [3.05, 3.63) is 24.3 Å². The van der Waals surface area contributed by atoms with Crippen molar-refractivity contribution < 1.29 is 14.6 Å². The van der Waals surface area contributed by atoms with E-state index < -0.39 is 5.97 Å². The van der Waals surface area contributed by atoms with Gasteiger partial charge in [-0.2, -0.15) is 0 Å². The molecule has 1 rings (SSSR count). The molecule has 0 aromatic heterocycles. The number of hydrogen-bond acceptors (Lipinski definition) is 3. The van der Waals surface area contributed by atoms with E-state index in [9.17, 15) is 4.79 Å². The van der Waals surface area contributed by atoms with Crippen LogP contribution in [0, 0.1) is 0 Å². The summed E-state index contributed by atoms with van der Waals surface area (Å²) in [5.41, 5.74) is 0.980. The molecule has 0 aliphatic carbocycles. The molecule has 0 bridgehead atoms. The summed E-state index contributed by atoms with van der Waals surface area (Å²) in [6.45, 7) is 3.27. The molecule has 2 N–H and O–H groups in total. The smallest absolute Gasteiger partial charge is 0.303 e. The minimum atomic E-state index is -0.756. The molecule has 0 aliphatic rings. The number of rotatable bonds is 7. The fourth-order valence-corrected chi connectivity index (χ4v) is 1.31. The lowest BCUT2D eigenvalue weighted by Gasteiger charge is -2.07. The first-order valence-electron chi connectivity index (χ1n) is 5.41. The highest BCUT2D eigenvalue weighted by atomic mass is 16.5. The maximum Gasteiger partial charge on any atom is 0.303 e. The van der Waals surface area contributed by atoms with E-state index in [0.717, 1.165) is 11.4 Å². The van der Waals surface area contributed by atoms with Crippen LogP contribution in [0.25, 0.3) is 0 Å². The lowest BCUT2D eigenvalue weighted by Crippen LogP contribution is -2.04. The summed E-state index contributed by atoms with van der Waals surface area (Å²) in [4.78, 5) is 10.3. The number of carboxylic acids is 1. The van der Waals surface area contributed by atoms with Crippen LogP contribution in [0.5, 0.6) is 5.75 Å². The molecule has 0 spiro atoms. The zero-order valence-corrected chi connectivity index (χ0v) is 9.40. The summed E-state index contributed by atoms with van der Waals surface area (Å²) in [6.07, 6.45) is 0.826. The van der Waals surface area contributed by atoms with Crippen LogP contribution in [0.4, 0.5) is 5.69 Å². The molecule has 0 unspecified atom stereocenters. The van der Waals surface area contributed by atoms with Crippen LogP contribution in [-0.2, 0) is 4.79 Å². The molecule has 0 radical (unpaired) electrons. The van der Waals surface area contributed by atoms with Gasteiger partial charge in [-0.25, -0.2) is 0 Å². The van der Waals surface area contributed by atoms with Gasteiger partial charge < -0.3 is 15.2 Å². The zero-order chi connectivity index (χ0) is 11.8. The lowest BCUT2D eigenvalue weighted by atomic mass is 10.2. The van der Waals surface area contributed by atoms with E-state index >= 15 is 0 Å². The Kier molecular flexibility index (Phi) is 5.19. The molecular weight excluding hydrogens is 206 g/mol. The first-order valence-corrected chi connectivity index (χ1v) is 5.41. The maximum atomic E-state index is 10.3. The van der Waals surface area contributed by atoms with Crippen molar-refractivity contribution in [2.24, 2.45) is 0 Å². The maximum absolute atomic E-state index is 10.3. The summed E-state index contributed by atoms with van der Waals surface area (Å²) in [5, 5.41) is 11.6. The van der Waals surface area contributed by atoms with Gasteiger partial charge in [-0.1, -0.05) is 0 Å². The third-order valence-corrected chi connectivity index (χ3v) is 2.06. The topological polar surface area (TPSA) is 58.6 Å². The minimum absolute atomic E-state index is 0.198. The number of nitrogens with one attached hydrogen (secondary N) is 1. The second-order valence-electron chi connectivity index (χ2n) is 3.38. The number of anilines is 1. The molecule has 0 aliphatic heterocycles. The van der Waals surface area contributed by atoms with Crippen LogP contribution in [0.1, 0.15) is 19.8 Å². The van der Waals surface area contributed by atoms with E-state index in [-0.39, 0.29) is 6.42 Å². The summed E-state index contributed by atoms with van der Waals surface area (Å²) in [6, 6.07) is 7.63. The Labute approximate surface area is 95.2 Å². The molecule has 88 valence electrons. The van der Waals surface area contributed by atoms with E-state index in [0.29, 0.717) is 19.6 Å². The third kappa shape index (κ3) is 4.68. The molecule has 0 saturated heterocycles. The molecule has 1 aromatic carbocycles. The van der Waals surface area contributed by atoms with Crippen LogP contribution in [0.2, 0.25) is 0 Å². The number of ether oxygens (including phenoxy) is 1. The van der Waals surface area contributed by atoms with Gasteiger partial charge in [0.15, 0.2) is 0 Å². The number of hydrogen-bond donors (Lipinski definition) is 2. The van der Waals surface area contributed by atoms with Gasteiger partial charge in [0.2, 0.25) is 0 Å². The van der Waals surface area contributed by atoms with Gasteiger partial charge in [0, 0.05) is 18.7 Å². The van der Waals surface area contributed by atoms with Crippen LogP contribution in [0.3, 0.4) is 0 Å². The van der Waals surface area contributed by atoms with E-state index in [1.807, 2.05) is 31.2 Å². The third-order valence-electron chi connectivity index (χ3n) is 2.06. The van der Waals surface area contributed by atoms with Gasteiger partial charge in [-0.3, -0.25) is 4.79 Å². The Morgan fingerprint density at radius 3 is 2.62 bits per heavy atom. The molecule has 0 fully saturated rings. The average molecular weight is 223 g/mol. The number of carbonyl (C=O) groups is 1. The molecular formula is C12H17NO3. The highest BCUT2D eigenvalue weighted by molar-refractivity contribution is 5.66. The molecule has 16 heavy (non-hydrogen) atoms. The Bertz CT molecular complexity index is 322. The van der Waals surface area contributed by atoms with Crippen molar-refractivity contribution in [3.8, 4) is 5.75 Å². The quantitative estimate of drug-likeness (QED) is 0.697. The number of aliphatic carboxylic acids is 1. The largest absolute Gasteiger partial charge is 0.494 e. The summed E-state index contributed by atoms with van der Waals surface area (Å²) < 4.78 is 5.31. The van der Waals surface area contributed by atoms with Crippen molar-refractivity contribution in [3.63, 3.8) is 0 Å². The fraction of sp³-hybridized carbons (Fsp3) is 0.417. The highest BCUT2D eigenvalue weighted by Crippen LogP contribution is 2.15. The van der Waals surface area contributed by atoms with Gasteiger partial charge in [-0.15, -0.1) is 0 Å². The summed E-state index contributed by atoms with van der Waals surface area (Å²) in [7, 11) is 0. The second kappa shape index (κ2) is 6.71. The van der Waals surface area contributed by atoms with Crippen molar-refractivity contribution in [2.45, 2.75) is 19.8 Å².